The van der Waals surface area contributed by atoms with Gasteiger partial charge in [0.1, 0.15) is 6.10 Å². The van der Waals surface area contributed by atoms with Gasteiger partial charge in [-0.3, -0.25) is 4.98 Å². The van der Waals surface area contributed by atoms with Crippen LogP contribution >= 0.6 is 22.9 Å². The second kappa shape index (κ2) is 4.53. The minimum atomic E-state index is -0.729. The van der Waals surface area contributed by atoms with Gasteiger partial charge in [-0.1, -0.05) is 17.7 Å². The van der Waals surface area contributed by atoms with Crippen LogP contribution in [-0.4, -0.2) is 10.1 Å². The predicted octanol–water partition coefficient (Wildman–Crippen LogP) is 3.50. The number of halogens is 1. The Morgan fingerprint density at radius 2 is 2.19 bits per heavy atom. The van der Waals surface area contributed by atoms with Gasteiger partial charge in [-0.2, -0.15) is 0 Å². The van der Waals surface area contributed by atoms with Crippen molar-refractivity contribution in [1.82, 2.24) is 4.98 Å². The predicted molar refractivity (Wildman–Crippen MR) is 67.1 cm³/mol. The fourth-order valence-corrected chi connectivity index (χ4v) is 2.78. The number of aliphatic hydroxyl groups excluding tert-OH is 1. The van der Waals surface area contributed by atoms with Gasteiger partial charge in [0, 0.05) is 6.20 Å². The van der Waals surface area contributed by atoms with E-state index in [-0.39, 0.29) is 0 Å². The van der Waals surface area contributed by atoms with Crippen molar-refractivity contribution in [2.45, 2.75) is 20.0 Å². The quantitative estimate of drug-likeness (QED) is 0.889. The van der Waals surface area contributed by atoms with E-state index in [1.807, 2.05) is 25.3 Å². The Hall–Kier alpha value is -0.900. The Labute approximate surface area is 104 Å². The molecule has 2 aromatic rings. The summed E-state index contributed by atoms with van der Waals surface area (Å²) in [4.78, 5) is 5.02. The molecule has 0 spiro atoms. The highest BCUT2D eigenvalue weighted by Gasteiger charge is 2.18. The van der Waals surface area contributed by atoms with Gasteiger partial charge in [-0.25, -0.2) is 0 Å². The summed E-state index contributed by atoms with van der Waals surface area (Å²) < 4.78 is 0. The summed E-state index contributed by atoms with van der Waals surface area (Å²) in [6.07, 6.45) is 1.03. The topological polar surface area (TPSA) is 33.1 Å². The smallest absolute Gasteiger partial charge is 0.132 e. The number of aryl methyl sites for hydroxylation is 2. The summed E-state index contributed by atoms with van der Waals surface area (Å²) in [6, 6.07) is 3.79. The van der Waals surface area contributed by atoms with E-state index in [1.54, 1.807) is 12.3 Å². The minimum Gasteiger partial charge on any atom is -0.381 e. The second-order valence-corrected chi connectivity index (χ2v) is 5.11. The lowest BCUT2D eigenvalue weighted by Gasteiger charge is -2.12. The zero-order chi connectivity index (χ0) is 11.7. The van der Waals surface area contributed by atoms with Crippen molar-refractivity contribution in [2.24, 2.45) is 0 Å². The molecule has 2 aromatic heterocycles. The molecule has 0 saturated heterocycles. The monoisotopic (exact) mass is 253 g/mol. The molecule has 4 heteroatoms. The molecule has 0 bridgehead atoms. The molecule has 0 amide bonds. The van der Waals surface area contributed by atoms with E-state index in [0.717, 1.165) is 16.0 Å². The molecule has 2 nitrogen and oxygen atoms in total. The van der Waals surface area contributed by atoms with Crippen molar-refractivity contribution in [2.75, 3.05) is 0 Å². The largest absolute Gasteiger partial charge is 0.381 e. The van der Waals surface area contributed by atoms with Crippen molar-refractivity contribution in [3.63, 3.8) is 0 Å². The van der Waals surface area contributed by atoms with Crippen molar-refractivity contribution >= 4 is 22.9 Å². The molecular weight excluding hydrogens is 242 g/mol. The van der Waals surface area contributed by atoms with Gasteiger partial charge in [0.15, 0.2) is 0 Å². The molecule has 2 rings (SSSR count). The third-order valence-electron chi connectivity index (χ3n) is 2.41. The highest BCUT2D eigenvalue weighted by molar-refractivity contribution is 7.10. The molecule has 0 fully saturated rings. The number of hydrogen-bond donors (Lipinski definition) is 1. The molecule has 0 aliphatic carbocycles. The molecule has 16 heavy (non-hydrogen) atoms. The second-order valence-electron chi connectivity index (χ2n) is 3.75. The number of rotatable bonds is 2. The van der Waals surface area contributed by atoms with Crippen LogP contribution in [0.15, 0.2) is 23.7 Å². The van der Waals surface area contributed by atoms with Crippen LogP contribution in [-0.2, 0) is 0 Å². The first-order chi connectivity index (χ1) is 7.59. The van der Waals surface area contributed by atoms with Gasteiger partial charge in [0.2, 0.25) is 0 Å². The molecule has 0 aliphatic heterocycles. The molecule has 0 saturated carbocycles. The maximum Gasteiger partial charge on any atom is 0.132 e. The van der Waals surface area contributed by atoms with Crippen LogP contribution in [0.2, 0.25) is 5.02 Å². The average Bonchev–Trinajstić information content (AvgIpc) is 2.63. The maximum absolute atomic E-state index is 10.2. The number of aliphatic hydroxyl groups is 1. The Morgan fingerprint density at radius 1 is 1.44 bits per heavy atom. The van der Waals surface area contributed by atoms with Crippen LogP contribution in [0.4, 0.5) is 0 Å². The lowest BCUT2D eigenvalue weighted by molar-refractivity contribution is 0.218. The van der Waals surface area contributed by atoms with E-state index >= 15 is 0 Å². The van der Waals surface area contributed by atoms with Crippen LogP contribution in [0, 0.1) is 13.8 Å². The SMILES string of the molecule is Cc1cnc(C(O)c2sccc2Cl)c(C)c1. The number of thiophene rings is 1. The standard InChI is InChI=1S/C12H12ClNOS/c1-7-5-8(2)10(14-6-7)11(15)12-9(13)3-4-16-12/h3-6,11,15H,1-2H3. The molecule has 0 aliphatic rings. The molecule has 2 heterocycles. The van der Waals surface area contributed by atoms with Crippen molar-refractivity contribution in [3.05, 3.63) is 50.4 Å². The summed E-state index contributed by atoms with van der Waals surface area (Å²) in [5, 5.41) is 12.7. The minimum absolute atomic E-state index is 0.597. The van der Waals surface area contributed by atoms with Crippen LogP contribution < -0.4 is 0 Å². The summed E-state index contributed by atoms with van der Waals surface area (Å²) in [5.41, 5.74) is 2.75. The normalized spacial score (nSPS) is 12.8. The average molecular weight is 254 g/mol. The fraction of sp³-hybridized carbons (Fsp3) is 0.250. The van der Waals surface area contributed by atoms with Gasteiger partial charge < -0.3 is 5.11 Å². The Kier molecular flexibility index (Phi) is 3.28. The first-order valence-electron chi connectivity index (χ1n) is 4.93. The van der Waals surface area contributed by atoms with Crippen molar-refractivity contribution < 1.29 is 5.11 Å². The molecule has 1 N–H and O–H groups in total. The number of pyridine rings is 1. The van der Waals surface area contributed by atoms with Gasteiger partial charge in [0.25, 0.3) is 0 Å². The van der Waals surface area contributed by atoms with Gasteiger partial charge in [-0.05, 0) is 36.4 Å². The zero-order valence-corrected chi connectivity index (χ0v) is 10.6. The highest BCUT2D eigenvalue weighted by atomic mass is 35.5. The lowest BCUT2D eigenvalue weighted by atomic mass is 10.1. The molecular formula is C12H12ClNOS. The third-order valence-corrected chi connectivity index (χ3v) is 3.82. The maximum atomic E-state index is 10.2. The van der Waals surface area contributed by atoms with Crippen LogP contribution in [0.25, 0.3) is 0 Å². The van der Waals surface area contributed by atoms with Gasteiger partial charge in [0.05, 0.1) is 15.6 Å². The van der Waals surface area contributed by atoms with Crippen LogP contribution in [0.5, 0.6) is 0 Å². The molecule has 0 radical (unpaired) electrons. The molecule has 0 aromatic carbocycles. The Bertz CT molecular complexity index is 509. The van der Waals surface area contributed by atoms with Gasteiger partial charge >= 0.3 is 0 Å². The van der Waals surface area contributed by atoms with E-state index in [4.69, 9.17) is 11.6 Å². The summed E-state index contributed by atoms with van der Waals surface area (Å²) in [6.45, 7) is 3.92. The van der Waals surface area contributed by atoms with Crippen LogP contribution in [0.3, 0.4) is 0 Å². The molecule has 1 atom stereocenters. The first kappa shape index (κ1) is 11.6. The van der Waals surface area contributed by atoms with E-state index in [2.05, 4.69) is 4.98 Å². The third kappa shape index (κ3) is 2.12. The van der Waals surface area contributed by atoms with Crippen LogP contribution in [0.1, 0.15) is 27.8 Å². The summed E-state index contributed by atoms with van der Waals surface area (Å²) >= 11 is 7.43. The number of nitrogens with zero attached hydrogens (tertiary/aromatic N) is 1. The Balaban J connectivity index is 2.41. The number of aromatic nitrogens is 1. The van der Waals surface area contributed by atoms with E-state index in [0.29, 0.717) is 10.7 Å². The highest BCUT2D eigenvalue weighted by Crippen LogP contribution is 2.33. The fourth-order valence-electron chi connectivity index (χ4n) is 1.64. The van der Waals surface area contributed by atoms with E-state index in [1.165, 1.54) is 11.3 Å². The number of hydrogen-bond acceptors (Lipinski definition) is 3. The van der Waals surface area contributed by atoms with E-state index < -0.39 is 6.10 Å². The molecule has 1 unspecified atom stereocenters. The van der Waals surface area contributed by atoms with E-state index in [9.17, 15) is 5.11 Å². The van der Waals surface area contributed by atoms with Gasteiger partial charge in [-0.15, -0.1) is 11.3 Å². The zero-order valence-electron chi connectivity index (χ0n) is 9.07. The van der Waals surface area contributed by atoms with Crippen molar-refractivity contribution in [3.8, 4) is 0 Å². The Morgan fingerprint density at radius 3 is 2.75 bits per heavy atom. The lowest BCUT2D eigenvalue weighted by Crippen LogP contribution is -2.03. The first-order valence-corrected chi connectivity index (χ1v) is 6.19. The molecule has 84 valence electrons. The summed E-state index contributed by atoms with van der Waals surface area (Å²) in [7, 11) is 0. The summed E-state index contributed by atoms with van der Waals surface area (Å²) in [5.74, 6) is 0. The van der Waals surface area contributed by atoms with Crippen molar-refractivity contribution in [1.29, 1.82) is 0 Å².